The van der Waals surface area contributed by atoms with E-state index in [4.69, 9.17) is 0 Å². The van der Waals surface area contributed by atoms with Crippen LogP contribution in [0.1, 0.15) is 38.5 Å². The van der Waals surface area contributed by atoms with Crippen LogP contribution in [-0.2, 0) is 0 Å². The fourth-order valence-electron chi connectivity index (χ4n) is 1.41. The Morgan fingerprint density at radius 1 is 1.00 bits per heavy atom. The molecule has 0 amide bonds. The molecule has 0 aliphatic heterocycles. The lowest BCUT2D eigenvalue weighted by atomic mass is 10.2. The van der Waals surface area contributed by atoms with Crippen LogP contribution in [0.3, 0.4) is 0 Å². The van der Waals surface area contributed by atoms with Gasteiger partial charge in [0.2, 0.25) is 0 Å². The van der Waals surface area contributed by atoms with Gasteiger partial charge < -0.3 is 0 Å². The second kappa shape index (κ2) is 4.21. The Balaban J connectivity index is 2.18. The standard InChI is InChI=1S/C8H15S/c1-9-8-6-4-2-3-5-7-8/h8H,1-7H2. The second-order valence-electron chi connectivity index (χ2n) is 2.78. The molecule has 0 unspecified atom stereocenters. The third kappa shape index (κ3) is 2.61. The molecule has 1 rings (SSSR count). The van der Waals surface area contributed by atoms with E-state index < -0.39 is 0 Å². The molecule has 1 heteroatoms. The summed E-state index contributed by atoms with van der Waals surface area (Å²) in [6.45, 7) is 0. The molecule has 9 heavy (non-hydrogen) atoms. The molecule has 0 nitrogen and oxygen atoms in total. The summed E-state index contributed by atoms with van der Waals surface area (Å²) in [5, 5.41) is 0.882. The van der Waals surface area contributed by atoms with Crippen LogP contribution >= 0.6 is 11.8 Å². The highest BCUT2D eigenvalue weighted by molar-refractivity contribution is 8.01. The maximum absolute atomic E-state index is 3.87. The Morgan fingerprint density at radius 2 is 1.56 bits per heavy atom. The van der Waals surface area contributed by atoms with Crippen LogP contribution in [0.4, 0.5) is 0 Å². The van der Waals surface area contributed by atoms with Crippen LogP contribution < -0.4 is 0 Å². The van der Waals surface area contributed by atoms with E-state index in [9.17, 15) is 0 Å². The van der Waals surface area contributed by atoms with Gasteiger partial charge in [0, 0.05) is 11.5 Å². The van der Waals surface area contributed by atoms with Gasteiger partial charge in [0.15, 0.2) is 0 Å². The monoisotopic (exact) mass is 143 g/mol. The van der Waals surface area contributed by atoms with Crippen LogP contribution in [-0.4, -0.2) is 5.25 Å². The molecule has 0 bridgehead atoms. The van der Waals surface area contributed by atoms with Crippen molar-refractivity contribution in [2.45, 2.75) is 43.8 Å². The Hall–Kier alpha value is 0.350. The molecule has 0 spiro atoms. The normalized spacial score (nSPS) is 23.7. The fraction of sp³-hybridized carbons (Fsp3) is 0.875. The smallest absolute Gasteiger partial charge is 0.00473 e. The van der Waals surface area contributed by atoms with Gasteiger partial charge in [-0.1, -0.05) is 25.7 Å². The lowest BCUT2D eigenvalue weighted by Crippen LogP contribution is -1.96. The fourth-order valence-corrected chi connectivity index (χ4v) is 2.08. The maximum Gasteiger partial charge on any atom is 0.00473 e. The Bertz CT molecular complexity index is 63.0. The summed E-state index contributed by atoms with van der Waals surface area (Å²) in [6.07, 6.45) is 12.5. The molecular weight excluding hydrogens is 128 g/mol. The van der Waals surface area contributed by atoms with Crippen LogP contribution in [0.2, 0.25) is 0 Å². The molecule has 53 valence electrons. The van der Waals surface area contributed by atoms with Crippen molar-refractivity contribution < 1.29 is 0 Å². The van der Waals surface area contributed by atoms with E-state index in [1.54, 1.807) is 0 Å². The SMILES string of the molecule is [CH2]SC1CCCCCC1. The van der Waals surface area contributed by atoms with Crippen molar-refractivity contribution in [3.63, 3.8) is 0 Å². The second-order valence-corrected chi connectivity index (χ2v) is 3.78. The van der Waals surface area contributed by atoms with E-state index in [1.165, 1.54) is 38.5 Å². The third-order valence-electron chi connectivity index (χ3n) is 2.04. The van der Waals surface area contributed by atoms with E-state index in [2.05, 4.69) is 6.26 Å². The number of thioether (sulfide) groups is 1. The zero-order chi connectivity index (χ0) is 6.53. The van der Waals surface area contributed by atoms with Gasteiger partial charge in [-0.2, -0.15) is 11.8 Å². The Morgan fingerprint density at radius 3 is 2.00 bits per heavy atom. The topological polar surface area (TPSA) is 0 Å². The molecule has 0 aromatic heterocycles. The van der Waals surface area contributed by atoms with E-state index in [-0.39, 0.29) is 0 Å². The van der Waals surface area contributed by atoms with Gasteiger partial charge in [0.25, 0.3) is 0 Å². The zero-order valence-corrected chi connectivity index (χ0v) is 6.75. The summed E-state index contributed by atoms with van der Waals surface area (Å²) in [4.78, 5) is 0. The average Bonchev–Trinajstić information content (AvgIpc) is 2.13. The number of hydrogen-bond donors (Lipinski definition) is 0. The molecule has 0 atom stereocenters. The molecular formula is C8H15S. The zero-order valence-electron chi connectivity index (χ0n) is 5.94. The average molecular weight is 143 g/mol. The van der Waals surface area contributed by atoms with Crippen molar-refractivity contribution in [1.82, 2.24) is 0 Å². The van der Waals surface area contributed by atoms with Crippen LogP contribution in [0.25, 0.3) is 0 Å². The van der Waals surface area contributed by atoms with Crippen molar-refractivity contribution in [2.24, 2.45) is 0 Å². The quantitative estimate of drug-likeness (QED) is 0.508. The minimum absolute atomic E-state index is 0.882. The molecule has 1 fully saturated rings. The molecule has 0 saturated heterocycles. The van der Waals surface area contributed by atoms with Crippen molar-refractivity contribution >= 4 is 11.8 Å². The van der Waals surface area contributed by atoms with Gasteiger partial charge in [0.05, 0.1) is 0 Å². The molecule has 1 aliphatic rings. The van der Waals surface area contributed by atoms with Crippen molar-refractivity contribution in [1.29, 1.82) is 0 Å². The highest BCUT2D eigenvalue weighted by Gasteiger charge is 2.09. The molecule has 0 aromatic carbocycles. The predicted molar refractivity (Wildman–Crippen MR) is 44.4 cm³/mol. The van der Waals surface area contributed by atoms with E-state index in [0.717, 1.165) is 5.25 Å². The minimum Gasteiger partial charge on any atom is -0.158 e. The van der Waals surface area contributed by atoms with Crippen LogP contribution in [0.5, 0.6) is 0 Å². The molecule has 1 aliphatic carbocycles. The molecule has 0 heterocycles. The Kier molecular flexibility index (Phi) is 3.49. The minimum atomic E-state index is 0.882. The lowest BCUT2D eigenvalue weighted by molar-refractivity contribution is 0.702. The third-order valence-corrected chi connectivity index (χ3v) is 2.98. The first-order chi connectivity index (χ1) is 4.43. The van der Waals surface area contributed by atoms with Gasteiger partial charge in [-0.05, 0) is 12.8 Å². The van der Waals surface area contributed by atoms with Crippen molar-refractivity contribution in [3.8, 4) is 0 Å². The first kappa shape index (κ1) is 7.46. The van der Waals surface area contributed by atoms with Crippen LogP contribution in [0, 0.1) is 6.26 Å². The summed E-state index contributed by atoms with van der Waals surface area (Å²) in [5.74, 6) is 0. The van der Waals surface area contributed by atoms with Gasteiger partial charge >= 0.3 is 0 Å². The van der Waals surface area contributed by atoms with Crippen molar-refractivity contribution in [3.05, 3.63) is 6.26 Å². The van der Waals surface area contributed by atoms with Crippen molar-refractivity contribution in [2.75, 3.05) is 0 Å². The molecule has 1 saturated carbocycles. The lowest BCUT2D eigenvalue weighted by Gasteiger charge is -2.07. The summed E-state index contributed by atoms with van der Waals surface area (Å²) in [6, 6.07) is 0. The van der Waals surface area contributed by atoms with E-state index >= 15 is 0 Å². The summed E-state index contributed by atoms with van der Waals surface area (Å²) < 4.78 is 0. The van der Waals surface area contributed by atoms with Gasteiger partial charge in [-0.25, -0.2) is 0 Å². The number of hydrogen-bond acceptors (Lipinski definition) is 1. The van der Waals surface area contributed by atoms with Gasteiger partial charge in [-0.3, -0.25) is 0 Å². The van der Waals surface area contributed by atoms with E-state index in [1.807, 2.05) is 11.8 Å². The van der Waals surface area contributed by atoms with Gasteiger partial charge in [0.1, 0.15) is 0 Å². The summed E-state index contributed by atoms with van der Waals surface area (Å²) in [7, 11) is 0. The van der Waals surface area contributed by atoms with Crippen LogP contribution in [0.15, 0.2) is 0 Å². The highest BCUT2D eigenvalue weighted by Crippen LogP contribution is 2.25. The maximum atomic E-state index is 3.87. The molecule has 0 aromatic rings. The summed E-state index contributed by atoms with van der Waals surface area (Å²) >= 11 is 1.81. The van der Waals surface area contributed by atoms with Gasteiger partial charge in [-0.15, -0.1) is 0 Å². The Labute approximate surface area is 62.4 Å². The number of rotatable bonds is 1. The highest BCUT2D eigenvalue weighted by atomic mass is 32.2. The first-order valence-corrected chi connectivity index (χ1v) is 4.89. The molecule has 0 N–H and O–H groups in total. The first-order valence-electron chi connectivity index (χ1n) is 3.84. The largest absolute Gasteiger partial charge is 0.158 e. The molecule has 1 radical (unpaired) electrons. The predicted octanol–water partition coefficient (Wildman–Crippen LogP) is 3.23. The van der Waals surface area contributed by atoms with E-state index in [0.29, 0.717) is 0 Å². The summed E-state index contributed by atoms with van der Waals surface area (Å²) in [5.41, 5.74) is 0.